The van der Waals surface area contributed by atoms with Gasteiger partial charge in [0.2, 0.25) is 5.89 Å². The highest BCUT2D eigenvalue weighted by Crippen LogP contribution is 2.14. The second-order valence-electron chi connectivity index (χ2n) is 4.94. The summed E-state index contributed by atoms with van der Waals surface area (Å²) in [7, 11) is 1.21. The van der Waals surface area contributed by atoms with Crippen LogP contribution in [-0.4, -0.2) is 41.5 Å². The van der Waals surface area contributed by atoms with Crippen molar-refractivity contribution in [1.29, 1.82) is 0 Å². The Morgan fingerprint density at radius 2 is 2.15 bits per heavy atom. The van der Waals surface area contributed by atoms with Crippen molar-refractivity contribution in [3.05, 3.63) is 17.8 Å². The van der Waals surface area contributed by atoms with Crippen molar-refractivity contribution in [2.24, 2.45) is 0 Å². The molecule has 8 nitrogen and oxygen atoms in total. The molecule has 0 saturated carbocycles. The lowest BCUT2D eigenvalue weighted by Crippen LogP contribution is -2.36. The summed E-state index contributed by atoms with van der Waals surface area (Å²) >= 11 is 0. The first kappa shape index (κ1) is 16.0. The summed E-state index contributed by atoms with van der Waals surface area (Å²) in [4.78, 5) is 26.7. The van der Waals surface area contributed by atoms with E-state index in [1.807, 2.05) is 0 Å². The molecule has 1 heterocycles. The molecule has 1 aromatic heterocycles. The Kier molecular flexibility index (Phi) is 5.09. The standard InChI is InChI=1S/C12H18N2O6/c1-12(2,3)20-11(17)14-7(5-15)9-13-8(6-19-9)10(16)18-4/h6-7,15H,5H2,1-4H3,(H,14,17). The van der Waals surface area contributed by atoms with Crippen molar-refractivity contribution in [3.63, 3.8) is 0 Å². The number of hydrogen-bond donors (Lipinski definition) is 2. The van der Waals surface area contributed by atoms with Crippen LogP contribution in [-0.2, 0) is 9.47 Å². The number of amides is 1. The van der Waals surface area contributed by atoms with Gasteiger partial charge in [-0.15, -0.1) is 0 Å². The van der Waals surface area contributed by atoms with Gasteiger partial charge >= 0.3 is 12.1 Å². The molecule has 0 aromatic carbocycles. The fraction of sp³-hybridized carbons (Fsp3) is 0.583. The zero-order valence-electron chi connectivity index (χ0n) is 11.8. The van der Waals surface area contributed by atoms with Crippen LogP contribution in [0, 0.1) is 0 Å². The number of oxazole rings is 1. The molecule has 1 unspecified atom stereocenters. The van der Waals surface area contributed by atoms with E-state index in [0.717, 1.165) is 6.26 Å². The van der Waals surface area contributed by atoms with Crippen molar-refractivity contribution < 1.29 is 28.6 Å². The first-order valence-corrected chi connectivity index (χ1v) is 5.91. The molecule has 1 rings (SSSR count). The molecule has 0 aliphatic rings. The quantitative estimate of drug-likeness (QED) is 0.795. The normalized spacial score (nSPS) is 12.7. The number of carbonyl (C=O) groups excluding carboxylic acids is 2. The van der Waals surface area contributed by atoms with Crippen LogP contribution < -0.4 is 5.32 Å². The molecule has 0 aliphatic heterocycles. The zero-order valence-corrected chi connectivity index (χ0v) is 11.8. The van der Waals surface area contributed by atoms with Crippen LogP contribution in [0.2, 0.25) is 0 Å². The molecule has 0 radical (unpaired) electrons. The number of nitrogens with zero attached hydrogens (tertiary/aromatic N) is 1. The van der Waals surface area contributed by atoms with Crippen LogP contribution in [0.5, 0.6) is 0 Å². The minimum absolute atomic E-state index is 0.0150. The number of aromatic nitrogens is 1. The van der Waals surface area contributed by atoms with Gasteiger partial charge in [-0.3, -0.25) is 0 Å². The summed E-state index contributed by atoms with van der Waals surface area (Å²) in [5, 5.41) is 11.6. The van der Waals surface area contributed by atoms with E-state index >= 15 is 0 Å². The van der Waals surface area contributed by atoms with Crippen molar-refractivity contribution in [3.8, 4) is 0 Å². The molecule has 0 spiro atoms. The Morgan fingerprint density at radius 1 is 1.50 bits per heavy atom. The molecule has 0 fully saturated rings. The summed E-state index contributed by atoms with van der Waals surface area (Å²) in [6.07, 6.45) is 0.356. The monoisotopic (exact) mass is 286 g/mol. The Hall–Kier alpha value is -2.09. The van der Waals surface area contributed by atoms with Gasteiger partial charge in [0.05, 0.1) is 13.7 Å². The van der Waals surface area contributed by atoms with E-state index in [0.29, 0.717) is 0 Å². The van der Waals surface area contributed by atoms with E-state index < -0.39 is 30.3 Å². The fourth-order valence-corrected chi connectivity index (χ4v) is 1.28. The van der Waals surface area contributed by atoms with Gasteiger partial charge in [0.1, 0.15) is 17.9 Å². The molecule has 1 amide bonds. The fourth-order valence-electron chi connectivity index (χ4n) is 1.28. The number of hydrogen-bond acceptors (Lipinski definition) is 7. The average Bonchev–Trinajstić information content (AvgIpc) is 2.82. The summed E-state index contributed by atoms with van der Waals surface area (Å²) in [5.74, 6) is -0.687. The zero-order chi connectivity index (χ0) is 15.3. The summed E-state index contributed by atoms with van der Waals surface area (Å²) < 4.78 is 14.5. The number of rotatable bonds is 4. The lowest BCUT2D eigenvalue weighted by Gasteiger charge is -2.21. The van der Waals surface area contributed by atoms with Gasteiger partial charge < -0.3 is 24.3 Å². The highest BCUT2D eigenvalue weighted by atomic mass is 16.6. The van der Waals surface area contributed by atoms with E-state index in [2.05, 4.69) is 15.0 Å². The maximum atomic E-state index is 11.6. The summed E-state index contributed by atoms with van der Waals surface area (Å²) in [6, 6.07) is -0.914. The van der Waals surface area contributed by atoms with Crippen molar-refractivity contribution in [2.45, 2.75) is 32.4 Å². The Bertz CT molecular complexity index is 477. The number of aliphatic hydroxyl groups excluding tert-OH is 1. The topological polar surface area (TPSA) is 111 Å². The molecule has 1 atom stereocenters. The third-order valence-electron chi connectivity index (χ3n) is 2.09. The second kappa shape index (κ2) is 6.38. The van der Waals surface area contributed by atoms with Crippen LogP contribution in [0.25, 0.3) is 0 Å². The number of esters is 1. The maximum Gasteiger partial charge on any atom is 0.408 e. The predicted molar refractivity (Wildman–Crippen MR) is 67.0 cm³/mol. The molecular weight excluding hydrogens is 268 g/mol. The highest BCUT2D eigenvalue weighted by molar-refractivity contribution is 5.86. The molecule has 20 heavy (non-hydrogen) atoms. The smallest absolute Gasteiger partial charge is 0.408 e. The van der Waals surface area contributed by atoms with E-state index in [4.69, 9.17) is 9.15 Å². The van der Waals surface area contributed by atoms with Gasteiger partial charge in [-0.25, -0.2) is 14.6 Å². The highest BCUT2D eigenvalue weighted by Gasteiger charge is 2.24. The van der Waals surface area contributed by atoms with Crippen molar-refractivity contribution in [2.75, 3.05) is 13.7 Å². The van der Waals surface area contributed by atoms with Crippen LogP contribution in [0.4, 0.5) is 4.79 Å². The molecule has 0 saturated heterocycles. The largest absolute Gasteiger partial charge is 0.464 e. The van der Waals surface area contributed by atoms with Gasteiger partial charge in [-0.05, 0) is 20.8 Å². The van der Waals surface area contributed by atoms with Crippen LogP contribution >= 0.6 is 0 Å². The maximum absolute atomic E-state index is 11.6. The molecule has 112 valence electrons. The number of nitrogens with one attached hydrogen (secondary N) is 1. The van der Waals surface area contributed by atoms with E-state index in [1.165, 1.54) is 7.11 Å². The minimum atomic E-state index is -0.914. The number of alkyl carbamates (subject to hydrolysis) is 1. The average molecular weight is 286 g/mol. The Balaban J connectivity index is 2.74. The Morgan fingerprint density at radius 3 is 2.65 bits per heavy atom. The Labute approximate surface area is 116 Å². The van der Waals surface area contributed by atoms with Gasteiger partial charge in [-0.2, -0.15) is 0 Å². The van der Waals surface area contributed by atoms with Crippen LogP contribution in [0.3, 0.4) is 0 Å². The predicted octanol–water partition coefficient (Wildman–Crippen LogP) is 1.02. The molecule has 8 heteroatoms. The molecule has 2 N–H and O–H groups in total. The third kappa shape index (κ3) is 4.54. The third-order valence-corrected chi connectivity index (χ3v) is 2.09. The van der Waals surface area contributed by atoms with Gasteiger partial charge in [0.15, 0.2) is 5.69 Å². The second-order valence-corrected chi connectivity index (χ2v) is 4.94. The molecule has 0 bridgehead atoms. The summed E-state index contributed by atoms with van der Waals surface area (Å²) in [6.45, 7) is 4.67. The van der Waals surface area contributed by atoms with E-state index in [9.17, 15) is 14.7 Å². The first-order chi connectivity index (χ1) is 9.26. The van der Waals surface area contributed by atoms with Crippen LogP contribution in [0.15, 0.2) is 10.7 Å². The van der Waals surface area contributed by atoms with E-state index in [-0.39, 0.29) is 11.6 Å². The number of aliphatic hydroxyl groups is 1. The number of ether oxygens (including phenoxy) is 2. The van der Waals surface area contributed by atoms with Crippen LogP contribution in [0.1, 0.15) is 43.2 Å². The SMILES string of the molecule is COC(=O)c1coc(C(CO)NC(=O)OC(C)(C)C)n1. The van der Waals surface area contributed by atoms with E-state index in [1.54, 1.807) is 20.8 Å². The van der Waals surface area contributed by atoms with Gasteiger partial charge in [-0.1, -0.05) is 0 Å². The van der Waals surface area contributed by atoms with Crippen molar-refractivity contribution >= 4 is 12.1 Å². The minimum Gasteiger partial charge on any atom is -0.464 e. The first-order valence-electron chi connectivity index (χ1n) is 5.91. The lowest BCUT2D eigenvalue weighted by molar-refractivity contribution is 0.0470. The number of carbonyl (C=O) groups is 2. The summed E-state index contributed by atoms with van der Waals surface area (Å²) in [5.41, 5.74) is -0.718. The van der Waals surface area contributed by atoms with Gasteiger partial charge in [0.25, 0.3) is 0 Å². The molecule has 0 aliphatic carbocycles. The lowest BCUT2D eigenvalue weighted by atomic mass is 10.2. The molecule has 1 aromatic rings. The molecular formula is C12H18N2O6. The van der Waals surface area contributed by atoms with Crippen molar-refractivity contribution in [1.82, 2.24) is 10.3 Å². The number of methoxy groups -OCH3 is 1. The van der Waals surface area contributed by atoms with Gasteiger partial charge in [0, 0.05) is 0 Å².